The molecule has 0 spiro atoms. The SMILES string of the molecule is CCCCCCn1nnc(Cl)c1Br. The first kappa shape index (κ1) is 11.0. The predicted molar refractivity (Wildman–Crippen MR) is 56.9 cm³/mol. The Morgan fingerprint density at radius 1 is 1.38 bits per heavy atom. The molecule has 0 aliphatic rings. The molecular formula is C8H13BrClN3. The summed E-state index contributed by atoms with van der Waals surface area (Å²) in [6.07, 6.45) is 4.89. The quantitative estimate of drug-likeness (QED) is 0.766. The number of rotatable bonds is 5. The zero-order valence-corrected chi connectivity index (χ0v) is 9.98. The third-order valence-electron chi connectivity index (χ3n) is 1.86. The van der Waals surface area contributed by atoms with E-state index in [4.69, 9.17) is 11.6 Å². The molecule has 74 valence electrons. The fraction of sp³-hybridized carbons (Fsp3) is 0.750. The van der Waals surface area contributed by atoms with E-state index in [1.165, 1.54) is 19.3 Å². The molecule has 1 aromatic rings. The zero-order valence-electron chi connectivity index (χ0n) is 7.63. The number of nitrogens with zero attached hydrogens (tertiary/aromatic N) is 3. The van der Waals surface area contributed by atoms with Crippen molar-refractivity contribution >= 4 is 27.5 Å². The molecule has 0 N–H and O–H groups in total. The Hall–Kier alpha value is -0.0900. The van der Waals surface area contributed by atoms with Crippen molar-refractivity contribution in [3.8, 4) is 0 Å². The van der Waals surface area contributed by atoms with Crippen molar-refractivity contribution in [2.45, 2.75) is 39.2 Å². The van der Waals surface area contributed by atoms with Crippen LogP contribution in [0.15, 0.2) is 4.60 Å². The van der Waals surface area contributed by atoms with E-state index in [9.17, 15) is 0 Å². The van der Waals surface area contributed by atoms with Gasteiger partial charge in [-0.3, -0.25) is 0 Å². The lowest BCUT2D eigenvalue weighted by molar-refractivity contribution is 0.520. The number of hydrogen-bond acceptors (Lipinski definition) is 2. The Balaban J connectivity index is 2.32. The van der Waals surface area contributed by atoms with E-state index in [-0.39, 0.29) is 0 Å². The second-order valence-corrected chi connectivity index (χ2v) is 4.06. The van der Waals surface area contributed by atoms with Gasteiger partial charge in [-0.15, -0.1) is 5.10 Å². The number of halogens is 2. The second-order valence-electron chi connectivity index (χ2n) is 2.95. The molecule has 0 fully saturated rings. The molecular weight excluding hydrogens is 253 g/mol. The monoisotopic (exact) mass is 265 g/mol. The minimum Gasteiger partial charge on any atom is -0.237 e. The van der Waals surface area contributed by atoms with Crippen molar-refractivity contribution in [3.63, 3.8) is 0 Å². The van der Waals surface area contributed by atoms with Crippen LogP contribution in [0.3, 0.4) is 0 Å². The van der Waals surface area contributed by atoms with Gasteiger partial charge in [0.25, 0.3) is 0 Å². The highest BCUT2D eigenvalue weighted by molar-refractivity contribution is 9.10. The van der Waals surface area contributed by atoms with Crippen LogP contribution in [0.2, 0.25) is 5.15 Å². The molecule has 3 nitrogen and oxygen atoms in total. The van der Waals surface area contributed by atoms with Crippen LogP contribution < -0.4 is 0 Å². The van der Waals surface area contributed by atoms with Gasteiger partial charge < -0.3 is 0 Å². The highest BCUT2D eigenvalue weighted by Gasteiger charge is 2.05. The number of aromatic nitrogens is 3. The fourth-order valence-corrected chi connectivity index (χ4v) is 1.57. The summed E-state index contributed by atoms with van der Waals surface area (Å²) in [6, 6.07) is 0. The van der Waals surface area contributed by atoms with Crippen molar-refractivity contribution < 1.29 is 0 Å². The van der Waals surface area contributed by atoms with Gasteiger partial charge in [0.1, 0.15) is 4.60 Å². The lowest BCUT2D eigenvalue weighted by Crippen LogP contribution is -2.00. The lowest BCUT2D eigenvalue weighted by atomic mass is 10.2. The molecule has 0 amide bonds. The minimum atomic E-state index is 0.440. The van der Waals surface area contributed by atoms with Crippen molar-refractivity contribution in [2.75, 3.05) is 0 Å². The van der Waals surface area contributed by atoms with Crippen molar-refractivity contribution in [3.05, 3.63) is 9.76 Å². The third-order valence-corrected chi connectivity index (χ3v) is 3.13. The standard InChI is InChI=1S/C8H13BrClN3/c1-2-3-4-5-6-13-7(9)8(10)11-12-13/h2-6H2,1H3. The van der Waals surface area contributed by atoms with E-state index < -0.39 is 0 Å². The molecule has 0 aliphatic carbocycles. The fourth-order valence-electron chi connectivity index (χ4n) is 1.11. The first-order valence-corrected chi connectivity index (χ1v) is 5.67. The molecule has 0 atom stereocenters. The van der Waals surface area contributed by atoms with Gasteiger partial charge >= 0.3 is 0 Å². The van der Waals surface area contributed by atoms with Gasteiger partial charge in [-0.2, -0.15) is 0 Å². The van der Waals surface area contributed by atoms with Gasteiger partial charge in [-0.25, -0.2) is 4.68 Å². The summed E-state index contributed by atoms with van der Waals surface area (Å²) < 4.78 is 2.57. The van der Waals surface area contributed by atoms with Crippen LogP contribution >= 0.6 is 27.5 Å². The smallest absolute Gasteiger partial charge is 0.185 e. The lowest BCUT2D eigenvalue weighted by Gasteiger charge is -2.00. The number of aryl methyl sites for hydroxylation is 1. The predicted octanol–water partition coefficient (Wildman–Crippen LogP) is 3.27. The van der Waals surface area contributed by atoms with Crippen LogP contribution in [0.5, 0.6) is 0 Å². The van der Waals surface area contributed by atoms with E-state index in [0.717, 1.165) is 17.6 Å². The van der Waals surface area contributed by atoms with Gasteiger partial charge in [0.05, 0.1) is 0 Å². The van der Waals surface area contributed by atoms with E-state index in [0.29, 0.717) is 5.15 Å². The van der Waals surface area contributed by atoms with Gasteiger partial charge in [0.15, 0.2) is 5.15 Å². The van der Waals surface area contributed by atoms with E-state index in [2.05, 4.69) is 33.2 Å². The van der Waals surface area contributed by atoms with E-state index in [1.807, 2.05) is 0 Å². The minimum absolute atomic E-state index is 0.440. The molecule has 0 unspecified atom stereocenters. The molecule has 0 bridgehead atoms. The first-order chi connectivity index (χ1) is 6.25. The molecule has 0 radical (unpaired) electrons. The summed E-state index contributed by atoms with van der Waals surface area (Å²) in [7, 11) is 0. The summed E-state index contributed by atoms with van der Waals surface area (Å²) in [5.74, 6) is 0. The normalized spacial score (nSPS) is 10.7. The largest absolute Gasteiger partial charge is 0.237 e. The molecule has 1 heterocycles. The Labute approximate surface area is 91.6 Å². The van der Waals surface area contributed by atoms with E-state index in [1.54, 1.807) is 4.68 Å². The maximum absolute atomic E-state index is 5.73. The molecule has 5 heteroatoms. The summed E-state index contributed by atoms with van der Waals surface area (Å²) in [5, 5.41) is 8.09. The molecule has 0 saturated heterocycles. The van der Waals surface area contributed by atoms with Crippen LogP contribution in [-0.4, -0.2) is 15.0 Å². The maximum atomic E-state index is 5.73. The molecule has 0 aliphatic heterocycles. The second kappa shape index (κ2) is 5.60. The van der Waals surface area contributed by atoms with Crippen molar-refractivity contribution in [1.82, 2.24) is 15.0 Å². The van der Waals surface area contributed by atoms with E-state index >= 15 is 0 Å². The van der Waals surface area contributed by atoms with Gasteiger partial charge in [0.2, 0.25) is 0 Å². The molecule has 13 heavy (non-hydrogen) atoms. The first-order valence-electron chi connectivity index (χ1n) is 4.50. The highest BCUT2D eigenvalue weighted by atomic mass is 79.9. The summed E-state index contributed by atoms with van der Waals surface area (Å²) in [4.78, 5) is 0. The van der Waals surface area contributed by atoms with Crippen molar-refractivity contribution in [2.24, 2.45) is 0 Å². The van der Waals surface area contributed by atoms with Crippen LogP contribution in [-0.2, 0) is 6.54 Å². The van der Waals surface area contributed by atoms with Crippen molar-refractivity contribution in [1.29, 1.82) is 0 Å². The summed E-state index contributed by atoms with van der Waals surface area (Å²) in [5.41, 5.74) is 0. The Morgan fingerprint density at radius 2 is 2.15 bits per heavy atom. The zero-order chi connectivity index (χ0) is 9.68. The molecule has 1 aromatic heterocycles. The molecule has 0 aromatic carbocycles. The maximum Gasteiger partial charge on any atom is 0.185 e. The topological polar surface area (TPSA) is 30.7 Å². The van der Waals surface area contributed by atoms with Crippen LogP contribution in [0.1, 0.15) is 32.6 Å². The Morgan fingerprint density at radius 3 is 2.69 bits per heavy atom. The van der Waals surface area contributed by atoms with Gasteiger partial charge in [0, 0.05) is 6.54 Å². The average Bonchev–Trinajstić information content (AvgIpc) is 2.43. The van der Waals surface area contributed by atoms with Crippen LogP contribution in [0.25, 0.3) is 0 Å². The van der Waals surface area contributed by atoms with Crippen LogP contribution in [0.4, 0.5) is 0 Å². The molecule has 0 saturated carbocycles. The van der Waals surface area contributed by atoms with Crippen LogP contribution in [0, 0.1) is 0 Å². The number of unbranched alkanes of at least 4 members (excludes halogenated alkanes) is 3. The average molecular weight is 267 g/mol. The molecule has 1 rings (SSSR count). The highest BCUT2D eigenvalue weighted by Crippen LogP contribution is 2.18. The Kier molecular flexibility index (Phi) is 4.73. The summed E-state index contributed by atoms with van der Waals surface area (Å²) >= 11 is 9.05. The Bertz CT molecular complexity index is 262. The summed E-state index contributed by atoms with van der Waals surface area (Å²) in [6.45, 7) is 3.09. The third kappa shape index (κ3) is 3.27. The van der Waals surface area contributed by atoms with Gasteiger partial charge in [-0.05, 0) is 22.4 Å². The van der Waals surface area contributed by atoms with Gasteiger partial charge in [-0.1, -0.05) is 43.0 Å². The number of hydrogen-bond donors (Lipinski definition) is 0.